The molecule has 2 rings (SSSR count). The Morgan fingerprint density at radius 2 is 1.13 bits per heavy atom. The quantitative estimate of drug-likeness (QED) is 0.500. The second kappa shape index (κ2) is 10.2. The summed E-state index contributed by atoms with van der Waals surface area (Å²) in [5.41, 5.74) is 7.88. The molecule has 0 aliphatic heterocycles. The average Bonchev–Trinajstić information content (AvgIpc) is 2.52. The van der Waals surface area contributed by atoms with Crippen molar-refractivity contribution in [1.82, 2.24) is 0 Å². The highest BCUT2D eigenvalue weighted by molar-refractivity contribution is 9.09. The highest BCUT2D eigenvalue weighted by Gasteiger charge is 1.89. The molecule has 0 unspecified atom stereocenters. The number of benzene rings is 2. The lowest BCUT2D eigenvalue weighted by Gasteiger charge is -1.96. The van der Waals surface area contributed by atoms with Crippen molar-refractivity contribution in [2.45, 2.75) is 34.6 Å². The number of allylic oxidation sites excluding steroid dienone is 2. The van der Waals surface area contributed by atoms with Crippen LogP contribution in [0.15, 0.2) is 59.7 Å². The molecule has 0 fully saturated rings. The van der Waals surface area contributed by atoms with Gasteiger partial charge in [0.15, 0.2) is 0 Å². The Hall–Kier alpha value is -1.60. The minimum absolute atomic E-state index is 0.945. The van der Waals surface area contributed by atoms with Crippen molar-refractivity contribution in [3.8, 4) is 0 Å². The molecule has 0 aliphatic carbocycles. The lowest BCUT2D eigenvalue weighted by Crippen LogP contribution is -1.78. The number of alkyl halides is 1. The molecule has 0 aromatic heterocycles. The summed E-state index contributed by atoms with van der Waals surface area (Å²) < 4.78 is 0. The second-order valence-electron chi connectivity index (χ2n) is 6.17. The molecule has 0 nitrogen and oxygen atoms in total. The third-order valence-electron chi connectivity index (χ3n) is 3.23. The van der Waals surface area contributed by atoms with Crippen LogP contribution in [0, 0.1) is 13.8 Å². The molecule has 23 heavy (non-hydrogen) atoms. The predicted molar refractivity (Wildman–Crippen MR) is 109 cm³/mol. The number of hydrogen-bond donors (Lipinski definition) is 0. The number of hydrogen-bond acceptors (Lipinski definition) is 0. The van der Waals surface area contributed by atoms with Gasteiger partial charge >= 0.3 is 0 Å². The molecule has 0 heterocycles. The first kappa shape index (κ1) is 19.4. The van der Waals surface area contributed by atoms with E-state index < -0.39 is 0 Å². The van der Waals surface area contributed by atoms with E-state index in [0.717, 1.165) is 5.33 Å². The van der Waals surface area contributed by atoms with Gasteiger partial charge in [0.2, 0.25) is 0 Å². The molecule has 2 aromatic rings. The van der Waals surface area contributed by atoms with Crippen LogP contribution >= 0.6 is 15.9 Å². The Labute approximate surface area is 150 Å². The summed E-state index contributed by atoms with van der Waals surface area (Å²) in [6, 6.07) is 17.1. The molecule has 0 spiro atoms. The maximum Gasteiger partial charge on any atom is 0.0242 e. The summed E-state index contributed by atoms with van der Waals surface area (Å²) in [5, 5.41) is 0.945. The smallest absolute Gasteiger partial charge is 0.0242 e. The highest BCUT2D eigenvalue weighted by atomic mass is 79.9. The van der Waals surface area contributed by atoms with E-state index in [2.05, 4.69) is 111 Å². The van der Waals surface area contributed by atoms with Crippen LogP contribution in [0.3, 0.4) is 0 Å². The van der Waals surface area contributed by atoms with Crippen LogP contribution in [0.1, 0.15) is 43.0 Å². The zero-order valence-corrected chi connectivity index (χ0v) is 16.4. The molecule has 1 heteroatoms. The van der Waals surface area contributed by atoms with Gasteiger partial charge in [-0.25, -0.2) is 0 Å². The van der Waals surface area contributed by atoms with Crippen LogP contribution in [-0.4, -0.2) is 5.33 Å². The molecule has 0 aliphatic rings. The van der Waals surface area contributed by atoms with E-state index in [1.165, 1.54) is 33.4 Å². The van der Waals surface area contributed by atoms with E-state index in [9.17, 15) is 0 Å². The van der Waals surface area contributed by atoms with Crippen LogP contribution < -0.4 is 0 Å². The molecule has 0 saturated heterocycles. The van der Waals surface area contributed by atoms with E-state index in [-0.39, 0.29) is 0 Å². The van der Waals surface area contributed by atoms with Gasteiger partial charge in [0.25, 0.3) is 0 Å². The number of halogens is 1. The van der Waals surface area contributed by atoms with Crippen LogP contribution in [0.5, 0.6) is 0 Å². The molecule has 0 saturated carbocycles. The van der Waals surface area contributed by atoms with E-state index in [4.69, 9.17) is 0 Å². The van der Waals surface area contributed by atoms with Crippen molar-refractivity contribution in [2.75, 3.05) is 5.33 Å². The molecular weight excluding hydrogens is 344 g/mol. The van der Waals surface area contributed by atoms with Crippen molar-refractivity contribution < 1.29 is 0 Å². The Morgan fingerprint density at radius 1 is 0.739 bits per heavy atom. The van der Waals surface area contributed by atoms with E-state index in [0.29, 0.717) is 0 Å². The number of aryl methyl sites for hydroxylation is 2. The van der Waals surface area contributed by atoms with E-state index >= 15 is 0 Å². The van der Waals surface area contributed by atoms with Crippen LogP contribution in [-0.2, 0) is 0 Å². The highest BCUT2D eigenvalue weighted by Crippen LogP contribution is 2.09. The van der Waals surface area contributed by atoms with Gasteiger partial charge in [0.05, 0.1) is 0 Å². The predicted octanol–water partition coefficient (Wildman–Crippen LogP) is 7.21. The van der Waals surface area contributed by atoms with Gasteiger partial charge in [-0.05, 0) is 45.7 Å². The lowest BCUT2D eigenvalue weighted by atomic mass is 10.1. The largest absolute Gasteiger partial charge is 0.0880 e. The fraction of sp³-hybridized carbons (Fsp3) is 0.273. The zero-order chi connectivity index (χ0) is 17.2. The molecule has 0 radical (unpaired) electrons. The lowest BCUT2D eigenvalue weighted by molar-refractivity contribution is 1.41. The maximum absolute atomic E-state index is 3.42. The third-order valence-corrected chi connectivity index (χ3v) is 4.12. The van der Waals surface area contributed by atoms with Crippen molar-refractivity contribution in [3.63, 3.8) is 0 Å². The third kappa shape index (κ3) is 8.56. The molecule has 0 bridgehead atoms. The minimum atomic E-state index is 0.945. The molecule has 0 N–H and O–H groups in total. The van der Waals surface area contributed by atoms with E-state index in [1.807, 2.05) is 0 Å². The molecule has 2 aromatic carbocycles. The first-order valence-electron chi connectivity index (χ1n) is 7.92. The van der Waals surface area contributed by atoms with Crippen molar-refractivity contribution in [2.24, 2.45) is 0 Å². The topological polar surface area (TPSA) is 0 Å². The van der Waals surface area contributed by atoms with Crippen molar-refractivity contribution in [3.05, 3.63) is 81.9 Å². The van der Waals surface area contributed by atoms with Gasteiger partial charge < -0.3 is 0 Å². The first-order chi connectivity index (χ1) is 10.9. The number of rotatable bonds is 3. The van der Waals surface area contributed by atoms with Gasteiger partial charge in [-0.3, -0.25) is 0 Å². The standard InChI is InChI=1S/C11H13Br.C11H14/c1-9-3-5-11(6-4-9)7-10(2)8-12;1-9(2)8-11-6-4-10(3)5-7-11/h3-7H,8H2,1-2H3;4-8H,1-3H3. The second-order valence-corrected chi connectivity index (χ2v) is 6.73. The summed E-state index contributed by atoms with van der Waals surface area (Å²) >= 11 is 3.42. The van der Waals surface area contributed by atoms with Crippen LogP contribution in [0.25, 0.3) is 12.2 Å². The first-order valence-corrected chi connectivity index (χ1v) is 9.04. The fourth-order valence-corrected chi connectivity index (χ4v) is 2.14. The Kier molecular flexibility index (Phi) is 8.65. The molecule has 0 atom stereocenters. The van der Waals surface area contributed by atoms with Gasteiger partial charge in [-0.1, -0.05) is 98.9 Å². The summed E-state index contributed by atoms with van der Waals surface area (Å²) in [7, 11) is 0. The van der Waals surface area contributed by atoms with Crippen molar-refractivity contribution >= 4 is 28.1 Å². The molecular formula is C22H27Br. The summed E-state index contributed by atoms with van der Waals surface area (Å²) in [5.74, 6) is 0. The average molecular weight is 371 g/mol. The minimum Gasteiger partial charge on any atom is -0.0880 e. The van der Waals surface area contributed by atoms with Gasteiger partial charge in [0, 0.05) is 5.33 Å². The van der Waals surface area contributed by atoms with Gasteiger partial charge in [-0.15, -0.1) is 0 Å². The molecule has 122 valence electrons. The van der Waals surface area contributed by atoms with Gasteiger partial charge in [0.1, 0.15) is 0 Å². The van der Waals surface area contributed by atoms with Gasteiger partial charge in [-0.2, -0.15) is 0 Å². The summed E-state index contributed by atoms with van der Waals surface area (Å²) in [4.78, 5) is 0. The zero-order valence-electron chi connectivity index (χ0n) is 14.9. The fourth-order valence-electron chi connectivity index (χ4n) is 1.98. The summed E-state index contributed by atoms with van der Waals surface area (Å²) in [6.07, 6.45) is 4.37. The van der Waals surface area contributed by atoms with Crippen LogP contribution in [0.2, 0.25) is 0 Å². The monoisotopic (exact) mass is 370 g/mol. The van der Waals surface area contributed by atoms with Crippen LogP contribution in [0.4, 0.5) is 0 Å². The maximum atomic E-state index is 3.42. The molecule has 0 amide bonds. The summed E-state index contributed by atoms with van der Waals surface area (Å²) in [6.45, 7) is 10.5. The Morgan fingerprint density at radius 3 is 1.48 bits per heavy atom. The SMILES string of the molecule is CC(=Cc1ccc(C)cc1)CBr.CC(C)=Cc1ccc(C)cc1. The Bertz CT molecular complexity index is 639. The Balaban J connectivity index is 0.000000231. The van der Waals surface area contributed by atoms with E-state index in [1.54, 1.807) is 0 Å². The normalized spacial score (nSPS) is 10.6. The van der Waals surface area contributed by atoms with Crippen molar-refractivity contribution in [1.29, 1.82) is 0 Å².